The van der Waals surface area contributed by atoms with Crippen LogP contribution in [0.15, 0.2) is 12.1 Å². The lowest BCUT2D eigenvalue weighted by atomic mass is 10.2. The Labute approximate surface area is 84.6 Å². The second-order valence-electron chi connectivity index (χ2n) is 2.64. The first-order valence-corrected chi connectivity index (χ1v) is 3.96. The smallest absolute Gasteiger partial charge is 0.387 e. The molecule has 0 atom stereocenters. The first-order valence-electron chi connectivity index (χ1n) is 3.96. The van der Waals surface area contributed by atoms with E-state index < -0.39 is 6.61 Å². The molecular weight excluding hydrogens is 208 g/mol. The third-order valence-electron chi connectivity index (χ3n) is 1.67. The van der Waals surface area contributed by atoms with E-state index in [0.29, 0.717) is 6.29 Å². The van der Waals surface area contributed by atoms with Crippen LogP contribution >= 0.6 is 0 Å². The number of nitrogens with two attached hydrogens (primary N) is 1. The molecule has 4 nitrogen and oxygen atoms in total. The minimum absolute atomic E-state index is 0.00241. The van der Waals surface area contributed by atoms with Gasteiger partial charge in [0.1, 0.15) is 6.29 Å². The van der Waals surface area contributed by atoms with Crippen LogP contribution in [0, 0.1) is 0 Å². The summed E-state index contributed by atoms with van der Waals surface area (Å²) in [6.07, 6.45) is 0.533. The van der Waals surface area contributed by atoms with Crippen molar-refractivity contribution < 1.29 is 23.0 Å². The molecule has 1 aromatic carbocycles. The average Bonchev–Trinajstić information content (AvgIpc) is 2.20. The van der Waals surface area contributed by atoms with Crippen LogP contribution in [0.5, 0.6) is 11.5 Å². The number of alkyl halides is 2. The van der Waals surface area contributed by atoms with Crippen LogP contribution in [-0.2, 0) is 0 Å². The van der Waals surface area contributed by atoms with Crippen LogP contribution in [-0.4, -0.2) is 20.0 Å². The maximum Gasteiger partial charge on any atom is 0.387 e. The monoisotopic (exact) mass is 217 g/mol. The van der Waals surface area contributed by atoms with Gasteiger partial charge in [-0.25, -0.2) is 0 Å². The van der Waals surface area contributed by atoms with Crippen LogP contribution in [0.2, 0.25) is 0 Å². The molecule has 0 spiro atoms. The summed E-state index contributed by atoms with van der Waals surface area (Å²) in [7, 11) is 1.27. The van der Waals surface area contributed by atoms with Gasteiger partial charge in [0.25, 0.3) is 0 Å². The zero-order valence-corrected chi connectivity index (χ0v) is 7.87. The van der Waals surface area contributed by atoms with Crippen LogP contribution in [0.1, 0.15) is 10.4 Å². The molecule has 15 heavy (non-hydrogen) atoms. The van der Waals surface area contributed by atoms with Gasteiger partial charge in [0.05, 0.1) is 12.8 Å². The van der Waals surface area contributed by atoms with Crippen molar-refractivity contribution in [1.29, 1.82) is 0 Å². The van der Waals surface area contributed by atoms with E-state index in [1.807, 2.05) is 0 Å². The summed E-state index contributed by atoms with van der Waals surface area (Å²) in [6.45, 7) is -3.00. The molecule has 0 unspecified atom stereocenters. The van der Waals surface area contributed by atoms with Crippen molar-refractivity contribution >= 4 is 12.0 Å². The Morgan fingerprint density at radius 2 is 2.13 bits per heavy atom. The lowest BCUT2D eigenvalue weighted by molar-refractivity contribution is -0.0506. The Kier molecular flexibility index (Phi) is 3.43. The normalized spacial score (nSPS) is 10.1. The highest BCUT2D eigenvalue weighted by Gasteiger charge is 2.15. The predicted molar refractivity (Wildman–Crippen MR) is 49.4 cm³/mol. The largest absolute Gasteiger partial charge is 0.493 e. The van der Waals surface area contributed by atoms with E-state index in [2.05, 4.69) is 4.74 Å². The molecule has 0 saturated heterocycles. The van der Waals surface area contributed by atoms with Gasteiger partial charge in [0, 0.05) is 5.56 Å². The van der Waals surface area contributed by atoms with Gasteiger partial charge in [-0.15, -0.1) is 0 Å². The summed E-state index contributed by atoms with van der Waals surface area (Å²) < 4.78 is 32.9. The van der Waals surface area contributed by atoms with Crippen molar-refractivity contribution in [2.24, 2.45) is 0 Å². The van der Waals surface area contributed by atoms with Crippen molar-refractivity contribution in [1.82, 2.24) is 0 Å². The van der Waals surface area contributed by atoms with E-state index in [4.69, 9.17) is 10.5 Å². The van der Waals surface area contributed by atoms with Crippen LogP contribution in [0.4, 0.5) is 14.5 Å². The molecule has 82 valence electrons. The zero-order chi connectivity index (χ0) is 11.4. The summed E-state index contributed by atoms with van der Waals surface area (Å²) in [5.41, 5.74) is 5.58. The molecule has 0 aliphatic heterocycles. The summed E-state index contributed by atoms with van der Waals surface area (Å²) in [5.74, 6) is -0.268. The molecule has 2 N–H and O–H groups in total. The minimum Gasteiger partial charge on any atom is -0.493 e. The molecular formula is C9H9F2NO3. The van der Waals surface area contributed by atoms with E-state index in [0.717, 1.165) is 0 Å². The molecule has 0 saturated carbocycles. The lowest BCUT2D eigenvalue weighted by Crippen LogP contribution is -2.06. The fraction of sp³-hybridized carbons (Fsp3) is 0.222. The van der Waals surface area contributed by atoms with Crippen LogP contribution < -0.4 is 15.2 Å². The number of carbonyl (C=O) groups is 1. The number of hydrogen-bond donors (Lipinski definition) is 1. The number of methoxy groups -OCH3 is 1. The van der Waals surface area contributed by atoms with Gasteiger partial charge in [-0.05, 0) is 12.1 Å². The Bertz CT molecular complexity index is 369. The summed E-state index contributed by atoms with van der Waals surface area (Å²) in [4.78, 5) is 10.5. The number of ether oxygens (including phenoxy) is 2. The molecule has 0 aliphatic rings. The molecule has 0 bridgehead atoms. The highest BCUT2D eigenvalue weighted by molar-refractivity contribution is 5.80. The third-order valence-corrected chi connectivity index (χ3v) is 1.67. The van der Waals surface area contributed by atoms with Gasteiger partial charge in [-0.3, -0.25) is 4.79 Å². The summed E-state index contributed by atoms with van der Waals surface area (Å²) >= 11 is 0. The SMILES string of the molecule is COc1cc(C=O)cc(N)c1OC(F)F. The molecule has 0 aromatic heterocycles. The van der Waals surface area contributed by atoms with E-state index in [1.54, 1.807) is 0 Å². The fourth-order valence-electron chi connectivity index (χ4n) is 1.08. The van der Waals surface area contributed by atoms with E-state index in [9.17, 15) is 13.6 Å². The van der Waals surface area contributed by atoms with E-state index in [1.165, 1.54) is 19.2 Å². The average molecular weight is 217 g/mol. The number of hydrogen-bond acceptors (Lipinski definition) is 4. The maximum atomic E-state index is 12.0. The van der Waals surface area contributed by atoms with Gasteiger partial charge in [0.15, 0.2) is 11.5 Å². The van der Waals surface area contributed by atoms with Crippen LogP contribution in [0.3, 0.4) is 0 Å². The van der Waals surface area contributed by atoms with Gasteiger partial charge < -0.3 is 15.2 Å². The van der Waals surface area contributed by atoms with Crippen molar-refractivity contribution in [2.75, 3.05) is 12.8 Å². The first-order chi connectivity index (χ1) is 7.08. The molecule has 0 amide bonds. The molecule has 0 fully saturated rings. The second kappa shape index (κ2) is 4.59. The maximum absolute atomic E-state index is 12.0. The standard InChI is InChI=1S/C9H9F2NO3/c1-14-7-3-5(4-13)2-6(12)8(7)15-9(10)11/h2-4,9H,12H2,1H3. The summed E-state index contributed by atoms with van der Waals surface area (Å²) in [6, 6.07) is 2.49. The number of nitrogen functional groups attached to an aromatic ring is 1. The Morgan fingerprint density at radius 1 is 1.47 bits per heavy atom. The Morgan fingerprint density at radius 3 is 2.60 bits per heavy atom. The Balaban J connectivity index is 3.18. The van der Waals surface area contributed by atoms with Crippen molar-refractivity contribution in [3.05, 3.63) is 17.7 Å². The van der Waals surface area contributed by atoms with Crippen molar-refractivity contribution in [3.63, 3.8) is 0 Å². The zero-order valence-electron chi connectivity index (χ0n) is 7.87. The molecule has 0 aliphatic carbocycles. The molecule has 6 heteroatoms. The molecule has 1 rings (SSSR count). The molecule has 1 aromatic rings. The van der Waals surface area contributed by atoms with Gasteiger partial charge in [0.2, 0.25) is 0 Å². The number of benzene rings is 1. The topological polar surface area (TPSA) is 61.5 Å². The molecule has 0 radical (unpaired) electrons. The summed E-state index contributed by atoms with van der Waals surface area (Å²) in [5, 5.41) is 0. The number of rotatable bonds is 4. The highest BCUT2D eigenvalue weighted by Crippen LogP contribution is 2.35. The third kappa shape index (κ3) is 2.55. The van der Waals surface area contributed by atoms with Crippen molar-refractivity contribution in [2.45, 2.75) is 6.61 Å². The highest BCUT2D eigenvalue weighted by atomic mass is 19.3. The minimum atomic E-state index is -3.00. The predicted octanol–water partition coefficient (Wildman–Crippen LogP) is 1.69. The van der Waals surface area contributed by atoms with Crippen LogP contribution in [0.25, 0.3) is 0 Å². The van der Waals surface area contributed by atoms with Gasteiger partial charge in [-0.2, -0.15) is 8.78 Å². The second-order valence-corrected chi connectivity index (χ2v) is 2.64. The number of halogens is 2. The van der Waals surface area contributed by atoms with Crippen molar-refractivity contribution in [3.8, 4) is 11.5 Å². The molecule has 0 heterocycles. The Hall–Kier alpha value is -1.85. The number of aldehydes is 1. The van der Waals surface area contributed by atoms with E-state index in [-0.39, 0.29) is 22.7 Å². The lowest BCUT2D eigenvalue weighted by Gasteiger charge is -2.12. The van der Waals surface area contributed by atoms with E-state index >= 15 is 0 Å². The first kappa shape index (κ1) is 11.2. The fourth-order valence-corrected chi connectivity index (χ4v) is 1.08. The number of carbonyl (C=O) groups excluding carboxylic acids is 1. The van der Waals surface area contributed by atoms with Gasteiger partial charge >= 0.3 is 6.61 Å². The van der Waals surface area contributed by atoms with Gasteiger partial charge in [-0.1, -0.05) is 0 Å². The number of anilines is 1. The quantitative estimate of drug-likeness (QED) is 0.615.